The van der Waals surface area contributed by atoms with E-state index in [-0.39, 0.29) is 5.91 Å². The molecule has 0 saturated heterocycles. The Kier molecular flexibility index (Phi) is 5.77. The van der Waals surface area contributed by atoms with E-state index in [1.165, 1.54) is 19.3 Å². The highest BCUT2D eigenvalue weighted by Gasteiger charge is 2.36. The van der Waals surface area contributed by atoms with E-state index in [1.807, 2.05) is 6.92 Å². The first-order valence-electron chi connectivity index (χ1n) is 6.27. The van der Waals surface area contributed by atoms with Gasteiger partial charge in [-0.2, -0.15) is 0 Å². The molecule has 1 aliphatic carbocycles. The molecule has 1 fully saturated rings. The zero-order valence-electron chi connectivity index (χ0n) is 10.3. The van der Waals surface area contributed by atoms with E-state index in [1.54, 1.807) is 0 Å². The molecule has 1 aliphatic rings. The molecule has 0 aliphatic heterocycles. The molecule has 3 N–H and O–H groups in total. The summed E-state index contributed by atoms with van der Waals surface area (Å²) in [5, 5.41) is 2.98. The fourth-order valence-corrected chi connectivity index (χ4v) is 2.13. The number of hydrogen-bond donors (Lipinski definition) is 2. The molecular formula is C12H24N2O2. The summed E-state index contributed by atoms with van der Waals surface area (Å²) in [4.78, 5) is 11.3. The smallest absolute Gasteiger partial charge is 0.221 e. The highest BCUT2D eigenvalue weighted by Crippen LogP contribution is 2.43. The highest BCUT2D eigenvalue weighted by molar-refractivity contribution is 5.76. The molecule has 1 saturated carbocycles. The molecule has 0 aromatic carbocycles. The molecule has 0 atom stereocenters. The Morgan fingerprint density at radius 1 is 1.50 bits per heavy atom. The van der Waals surface area contributed by atoms with Crippen LogP contribution in [-0.4, -0.2) is 32.2 Å². The van der Waals surface area contributed by atoms with Crippen LogP contribution in [0.2, 0.25) is 0 Å². The molecule has 0 heterocycles. The quantitative estimate of drug-likeness (QED) is 0.610. The van der Waals surface area contributed by atoms with Gasteiger partial charge in [-0.3, -0.25) is 4.79 Å². The van der Waals surface area contributed by atoms with Crippen LogP contribution in [0.4, 0.5) is 0 Å². The van der Waals surface area contributed by atoms with E-state index in [0.29, 0.717) is 18.4 Å². The van der Waals surface area contributed by atoms with Crippen LogP contribution < -0.4 is 11.1 Å². The van der Waals surface area contributed by atoms with Gasteiger partial charge in [0.2, 0.25) is 5.91 Å². The van der Waals surface area contributed by atoms with Gasteiger partial charge >= 0.3 is 0 Å². The van der Waals surface area contributed by atoms with E-state index >= 15 is 0 Å². The van der Waals surface area contributed by atoms with Crippen LogP contribution >= 0.6 is 0 Å². The van der Waals surface area contributed by atoms with Crippen LogP contribution in [0.5, 0.6) is 0 Å². The number of carbonyl (C=O) groups excluding carboxylic acids is 1. The maximum atomic E-state index is 11.3. The first-order valence-corrected chi connectivity index (χ1v) is 6.27. The third-order valence-corrected chi connectivity index (χ3v) is 3.43. The van der Waals surface area contributed by atoms with Gasteiger partial charge in [0.25, 0.3) is 0 Å². The summed E-state index contributed by atoms with van der Waals surface area (Å²) in [7, 11) is 0. The van der Waals surface area contributed by atoms with E-state index in [9.17, 15) is 4.79 Å². The Labute approximate surface area is 97.9 Å². The lowest BCUT2D eigenvalue weighted by Gasteiger charge is -2.42. The molecule has 1 amide bonds. The van der Waals surface area contributed by atoms with Crippen molar-refractivity contribution in [2.45, 2.75) is 39.0 Å². The Morgan fingerprint density at radius 3 is 2.75 bits per heavy atom. The predicted molar refractivity (Wildman–Crippen MR) is 64.1 cm³/mol. The fraction of sp³-hybridized carbons (Fsp3) is 0.917. The van der Waals surface area contributed by atoms with Gasteiger partial charge in [0.1, 0.15) is 0 Å². The van der Waals surface area contributed by atoms with Crippen molar-refractivity contribution < 1.29 is 9.53 Å². The van der Waals surface area contributed by atoms with Crippen molar-refractivity contribution in [1.29, 1.82) is 0 Å². The standard InChI is InChI=1S/C12H24N2O2/c1-2-16-9-7-12(5-3-6-12)10-14-11(15)4-8-13/h2-10,13H2,1H3,(H,14,15). The average molecular weight is 228 g/mol. The van der Waals surface area contributed by atoms with Crippen molar-refractivity contribution in [3.63, 3.8) is 0 Å². The van der Waals surface area contributed by atoms with Crippen molar-refractivity contribution in [1.82, 2.24) is 5.32 Å². The number of hydrogen-bond acceptors (Lipinski definition) is 3. The zero-order valence-corrected chi connectivity index (χ0v) is 10.3. The SMILES string of the molecule is CCOCCC1(CNC(=O)CCN)CCC1. The minimum atomic E-state index is 0.0742. The van der Waals surface area contributed by atoms with Crippen molar-refractivity contribution in [3.8, 4) is 0 Å². The van der Waals surface area contributed by atoms with Crippen molar-refractivity contribution in [2.75, 3.05) is 26.3 Å². The second kappa shape index (κ2) is 6.86. The minimum absolute atomic E-state index is 0.0742. The maximum Gasteiger partial charge on any atom is 0.221 e. The lowest BCUT2D eigenvalue weighted by Crippen LogP contribution is -2.43. The van der Waals surface area contributed by atoms with Gasteiger partial charge in [-0.25, -0.2) is 0 Å². The Morgan fingerprint density at radius 2 is 2.25 bits per heavy atom. The Balaban J connectivity index is 2.22. The normalized spacial score (nSPS) is 17.9. The van der Waals surface area contributed by atoms with E-state index in [2.05, 4.69) is 5.32 Å². The summed E-state index contributed by atoms with van der Waals surface area (Å²) in [6.07, 6.45) is 5.19. The van der Waals surface area contributed by atoms with Crippen molar-refractivity contribution >= 4 is 5.91 Å². The Bertz CT molecular complexity index is 215. The molecule has 0 unspecified atom stereocenters. The largest absolute Gasteiger partial charge is 0.382 e. The summed E-state index contributed by atoms with van der Waals surface area (Å²) in [5.74, 6) is 0.0742. The van der Waals surface area contributed by atoms with E-state index < -0.39 is 0 Å². The topological polar surface area (TPSA) is 64.3 Å². The van der Waals surface area contributed by atoms with Crippen molar-refractivity contribution in [3.05, 3.63) is 0 Å². The minimum Gasteiger partial charge on any atom is -0.382 e. The van der Waals surface area contributed by atoms with Gasteiger partial charge < -0.3 is 15.8 Å². The van der Waals surface area contributed by atoms with Crippen LogP contribution in [0.15, 0.2) is 0 Å². The summed E-state index contributed by atoms with van der Waals surface area (Å²) in [5.41, 5.74) is 5.64. The number of carbonyl (C=O) groups is 1. The van der Waals surface area contributed by atoms with Gasteiger partial charge in [0, 0.05) is 32.7 Å². The number of nitrogens with one attached hydrogen (secondary N) is 1. The van der Waals surface area contributed by atoms with Crippen LogP contribution in [-0.2, 0) is 9.53 Å². The maximum absolute atomic E-state index is 11.3. The predicted octanol–water partition coefficient (Wildman–Crippen LogP) is 1.05. The molecule has 0 bridgehead atoms. The second-order valence-electron chi connectivity index (χ2n) is 4.62. The number of ether oxygens (including phenoxy) is 1. The molecule has 0 aromatic rings. The van der Waals surface area contributed by atoms with Crippen LogP contribution in [0, 0.1) is 5.41 Å². The summed E-state index contributed by atoms with van der Waals surface area (Å²) in [6.45, 7) is 4.81. The van der Waals surface area contributed by atoms with Gasteiger partial charge in [-0.15, -0.1) is 0 Å². The molecule has 4 nitrogen and oxygen atoms in total. The van der Waals surface area contributed by atoms with Crippen molar-refractivity contribution in [2.24, 2.45) is 11.1 Å². The molecule has 1 rings (SSSR count). The summed E-state index contributed by atoms with van der Waals surface area (Å²) >= 11 is 0. The van der Waals surface area contributed by atoms with Gasteiger partial charge in [0.05, 0.1) is 0 Å². The first-order chi connectivity index (χ1) is 7.72. The molecular weight excluding hydrogens is 204 g/mol. The summed E-state index contributed by atoms with van der Waals surface area (Å²) < 4.78 is 5.39. The van der Waals surface area contributed by atoms with Gasteiger partial charge in [0.15, 0.2) is 0 Å². The van der Waals surface area contributed by atoms with Gasteiger partial charge in [-0.05, 0) is 31.6 Å². The number of rotatable bonds is 8. The highest BCUT2D eigenvalue weighted by atomic mass is 16.5. The Hall–Kier alpha value is -0.610. The van der Waals surface area contributed by atoms with E-state index in [0.717, 1.165) is 26.2 Å². The van der Waals surface area contributed by atoms with Gasteiger partial charge in [-0.1, -0.05) is 6.42 Å². The van der Waals surface area contributed by atoms with Crippen LogP contribution in [0.25, 0.3) is 0 Å². The molecule has 16 heavy (non-hydrogen) atoms. The molecule has 0 spiro atoms. The monoisotopic (exact) mass is 228 g/mol. The lowest BCUT2D eigenvalue weighted by molar-refractivity contribution is -0.121. The zero-order chi connectivity index (χ0) is 11.9. The first kappa shape index (κ1) is 13.5. The third kappa shape index (κ3) is 4.10. The average Bonchev–Trinajstić information content (AvgIpc) is 2.21. The lowest BCUT2D eigenvalue weighted by atomic mass is 9.67. The third-order valence-electron chi connectivity index (χ3n) is 3.43. The van der Waals surface area contributed by atoms with Crippen LogP contribution in [0.3, 0.4) is 0 Å². The molecule has 0 aromatic heterocycles. The summed E-state index contributed by atoms with van der Waals surface area (Å²) in [6, 6.07) is 0. The number of nitrogens with two attached hydrogens (primary N) is 1. The molecule has 94 valence electrons. The fourth-order valence-electron chi connectivity index (χ4n) is 2.13. The molecule has 4 heteroatoms. The van der Waals surface area contributed by atoms with E-state index in [4.69, 9.17) is 10.5 Å². The second-order valence-corrected chi connectivity index (χ2v) is 4.62. The number of amides is 1. The van der Waals surface area contributed by atoms with Crippen LogP contribution in [0.1, 0.15) is 39.0 Å². The molecule has 0 radical (unpaired) electrons.